The maximum atomic E-state index is 5.99. The fourth-order valence-corrected chi connectivity index (χ4v) is 4.58. The molecule has 0 bridgehead atoms. The van der Waals surface area contributed by atoms with Gasteiger partial charge in [0.25, 0.3) is 0 Å². The second-order valence-corrected chi connectivity index (χ2v) is 7.32. The predicted molar refractivity (Wildman–Crippen MR) is 79.0 cm³/mol. The first-order chi connectivity index (χ1) is 8.24. The number of thioether (sulfide) groups is 1. The van der Waals surface area contributed by atoms with E-state index >= 15 is 0 Å². The summed E-state index contributed by atoms with van der Waals surface area (Å²) in [7, 11) is 0. The molecule has 0 spiro atoms. The third-order valence-corrected chi connectivity index (χ3v) is 5.85. The Morgan fingerprint density at radius 1 is 1.53 bits per heavy atom. The van der Waals surface area contributed by atoms with Gasteiger partial charge in [-0.1, -0.05) is 6.92 Å². The summed E-state index contributed by atoms with van der Waals surface area (Å²) in [6.45, 7) is 7.57. The van der Waals surface area contributed by atoms with Crippen LogP contribution in [-0.2, 0) is 0 Å². The van der Waals surface area contributed by atoms with E-state index in [1.165, 1.54) is 35.0 Å². The zero-order chi connectivity index (χ0) is 12.3. The number of nitrogens with zero attached hydrogens (tertiary/aromatic N) is 1. The molecule has 96 valence electrons. The third kappa shape index (κ3) is 3.25. The van der Waals surface area contributed by atoms with Crippen LogP contribution in [0.4, 0.5) is 0 Å². The van der Waals surface area contributed by atoms with Gasteiger partial charge in [0.1, 0.15) is 0 Å². The van der Waals surface area contributed by atoms with E-state index in [2.05, 4.69) is 42.6 Å². The van der Waals surface area contributed by atoms with Gasteiger partial charge >= 0.3 is 0 Å². The average Bonchev–Trinajstić information content (AvgIpc) is 2.77. The summed E-state index contributed by atoms with van der Waals surface area (Å²) in [5, 5.41) is 0.791. The summed E-state index contributed by atoms with van der Waals surface area (Å²) < 4.78 is 0. The van der Waals surface area contributed by atoms with Gasteiger partial charge in [0.2, 0.25) is 0 Å². The number of hydrogen-bond acceptors (Lipinski definition) is 4. The highest BCUT2D eigenvalue weighted by Gasteiger charge is 2.26. The van der Waals surface area contributed by atoms with Crippen LogP contribution in [0.15, 0.2) is 12.1 Å². The Hall–Kier alpha value is -0.0300. The van der Waals surface area contributed by atoms with Crippen molar-refractivity contribution in [3.63, 3.8) is 0 Å². The van der Waals surface area contributed by atoms with E-state index in [4.69, 9.17) is 5.73 Å². The van der Waals surface area contributed by atoms with E-state index in [1.807, 2.05) is 11.3 Å². The quantitative estimate of drug-likeness (QED) is 0.912. The molecule has 4 heteroatoms. The standard InChI is InChI=1S/C13H22N2S2/c1-3-11-9-15(6-7-16-11)12(8-14)13-5-4-10(2)17-13/h4-5,11-12H,3,6-9,14H2,1-2H3. The van der Waals surface area contributed by atoms with Gasteiger partial charge in [0, 0.05) is 40.4 Å². The Bertz CT molecular complexity index is 351. The van der Waals surface area contributed by atoms with E-state index in [9.17, 15) is 0 Å². The molecule has 2 atom stereocenters. The van der Waals surface area contributed by atoms with Crippen molar-refractivity contribution in [2.45, 2.75) is 31.6 Å². The number of thiophene rings is 1. The normalized spacial score (nSPS) is 23.8. The van der Waals surface area contributed by atoms with Gasteiger partial charge in [0.05, 0.1) is 6.04 Å². The lowest BCUT2D eigenvalue weighted by molar-refractivity contribution is 0.210. The zero-order valence-corrected chi connectivity index (χ0v) is 12.3. The Morgan fingerprint density at radius 3 is 2.94 bits per heavy atom. The summed E-state index contributed by atoms with van der Waals surface area (Å²) in [5.41, 5.74) is 5.99. The van der Waals surface area contributed by atoms with Crippen LogP contribution in [-0.4, -0.2) is 35.5 Å². The molecule has 1 aliphatic rings. The number of nitrogens with two attached hydrogens (primary N) is 1. The van der Waals surface area contributed by atoms with Crippen molar-refractivity contribution in [3.05, 3.63) is 21.9 Å². The molecular weight excluding hydrogens is 248 g/mol. The maximum absolute atomic E-state index is 5.99. The minimum atomic E-state index is 0.434. The average molecular weight is 270 g/mol. The molecule has 1 saturated heterocycles. The van der Waals surface area contributed by atoms with Crippen molar-refractivity contribution in [2.24, 2.45) is 5.73 Å². The smallest absolute Gasteiger partial charge is 0.0565 e. The van der Waals surface area contributed by atoms with E-state index in [1.54, 1.807) is 0 Å². The molecule has 0 aromatic carbocycles. The minimum absolute atomic E-state index is 0.434. The summed E-state index contributed by atoms with van der Waals surface area (Å²) in [6.07, 6.45) is 1.27. The van der Waals surface area contributed by atoms with Crippen molar-refractivity contribution < 1.29 is 0 Å². The van der Waals surface area contributed by atoms with Gasteiger partial charge in [-0.15, -0.1) is 11.3 Å². The lowest BCUT2D eigenvalue weighted by Gasteiger charge is -2.37. The van der Waals surface area contributed by atoms with Crippen LogP contribution in [0.2, 0.25) is 0 Å². The molecule has 1 fully saturated rings. The van der Waals surface area contributed by atoms with Gasteiger partial charge < -0.3 is 5.73 Å². The lowest BCUT2D eigenvalue weighted by atomic mass is 10.1. The van der Waals surface area contributed by atoms with Crippen LogP contribution >= 0.6 is 23.1 Å². The highest BCUT2D eigenvalue weighted by atomic mass is 32.2. The van der Waals surface area contributed by atoms with Crippen LogP contribution < -0.4 is 5.73 Å². The number of rotatable bonds is 4. The molecule has 2 N–H and O–H groups in total. The van der Waals surface area contributed by atoms with Crippen molar-refractivity contribution in [2.75, 3.05) is 25.4 Å². The second-order valence-electron chi connectivity index (χ2n) is 4.60. The SMILES string of the molecule is CCC1CN(C(CN)c2ccc(C)s2)CCS1. The van der Waals surface area contributed by atoms with E-state index in [0.717, 1.165) is 11.8 Å². The molecule has 1 aromatic rings. The van der Waals surface area contributed by atoms with Crippen LogP contribution in [0.25, 0.3) is 0 Å². The minimum Gasteiger partial charge on any atom is -0.329 e. The fourth-order valence-electron chi connectivity index (χ4n) is 2.35. The van der Waals surface area contributed by atoms with Crippen molar-refractivity contribution in [1.82, 2.24) is 4.90 Å². The maximum Gasteiger partial charge on any atom is 0.0565 e. The second kappa shape index (κ2) is 6.23. The number of aryl methyl sites for hydroxylation is 1. The molecule has 2 heterocycles. The molecular formula is C13H22N2S2. The van der Waals surface area contributed by atoms with Crippen molar-refractivity contribution >= 4 is 23.1 Å². The molecule has 2 rings (SSSR count). The predicted octanol–water partition coefficient (Wildman–Crippen LogP) is 2.88. The van der Waals surface area contributed by atoms with Gasteiger partial charge in [-0.2, -0.15) is 11.8 Å². The summed E-state index contributed by atoms with van der Waals surface area (Å²) in [5.74, 6) is 1.25. The van der Waals surface area contributed by atoms with Crippen LogP contribution in [0.1, 0.15) is 29.1 Å². The van der Waals surface area contributed by atoms with Crippen LogP contribution in [0.5, 0.6) is 0 Å². The largest absolute Gasteiger partial charge is 0.329 e. The molecule has 0 saturated carbocycles. The molecule has 0 aliphatic carbocycles. The zero-order valence-electron chi connectivity index (χ0n) is 10.7. The Labute approximate surface area is 113 Å². The molecule has 17 heavy (non-hydrogen) atoms. The molecule has 1 aliphatic heterocycles. The van der Waals surface area contributed by atoms with Gasteiger partial charge in [-0.05, 0) is 25.5 Å². The van der Waals surface area contributed by atoms with Crippen LogP contribution in [0.3, 0.4) is 0 Å². The Balaban J connectivity index is 2.07. The summed E-state index contributed by atoms with van der Waals surface area (Å²) in [4.78, 5) is 5.40. The topological polar surface area (TPSA) is 29.3 Å². The van der Waals surface area contributed by atoms with Gasteiger partial charge in [-0.3, -0.25) is 4.90 Å². The number of hydrogen-bond donors (Lipinski definition) is 1. The summed E-state index contributed by atoms with van der Waals surface area (Å²) in [6, 6.07) is 4.89. The Morgan fingerprint density at radius 2 is 2.35 bits per heavy atom. The summed E-state index contributed by atoms with van der Waals surface area (Å²) >= 11 is 4.01. The third-order valence-electron chi connectivity index (χ3n) is 3.38. The lowest BCUT2D eigenvalue weighted by Crippen LogP contribution is -2.42. The monoisotopic (exact) mass is 270 g/mol. The highest BCUT2D eigenvalue weighted by Crippen LogP contribution is 2.31. The molecule has 0 amide bonds. The van der Waals surface area contributed by atoms with Crippen molar-refractivity contribution in [1.29, 1.82) is 0 Å². The molecule has 0 radical (unpaired) electrons. The van der Waals surface area contributed by atoms with Gasteiger partial charge in [0.15, 0.2) is 0 Å². The van der Waals surface area contributed by atoms with Crippen LogP contribution in [0, 0.1) is 6.92 Å². The first-order valence-corrected chi connectivity index (χ1v) is 8.23. The van der Waals surface area contributed by atoms with E-state index < -0.39 is 0 Å². The van der Waals surface area contributed by atoms with Gasteiger partial charge in [-0.25, -0.2) is 0 Å². The molecule has 2 nitrogen and oxygen atoms in total. The molecule has 1 aromatic heterocycles. The first kappa shape index (κ1) is 13.4. The Kier molecular flexibility index (Phi) is 4.91. The first-order valence-electron chi connectivity index (χ1n) is 6.36. The van der Waals surface area contributed by atoms with E-state index in [0.29, 0.717) is 6.04 Å². The van der Waals surface area contributed by atoms with E-state index in [-0.39, 0.29) is 0 Å². The fraction of sp³-hybridized carbons (Fsp3) is 0.692. The highest BCUT2D eigenvalue weighted by molar-refractivity contribution is 8.00. The van der Waals surface area contributed by atoms with Crippen molar-refractivity contribution in [3.8, 4) is 0 Å². The molecule has 2 unspecified atom stereocenters.